The van der Waals surface area contributed by atoms with Crippen LogP contribution in [0.25, 0.3) is 0 Å². The van der Waals surface area contributed by atoms with Gasteiger partial charge >= 0.3 is 12.1 Å². The van der Waals surface area contributed by atoms with E-state index < -0.39 is 23.5 Å². The fourth-order valence-corrected chi connectivity index (χ4v) is 1.04. The van der Waals surface area contributed by atoms with Crippen LogP contribution in [-0.4, -0.2) is 11.8 Å². The molecule has 0 aliphatic heterocycles. The molecule has 0 atom stereocenters. The van der Waals surface area contributed by atoms with Gasteiger partial charge in [-0.05, 0) is 17.7 Å². The first-order valence-corrected chi connectivity index (χ1v) is 4.64. The lowest BCUT2D eigenvalue weighted by atomic mass is 10.1. The van der Waals surface area contributed by atoms with Crippen LogP contribution >= 0.6 is 0 Å². The molecule has 0 bridgehead atoms. The van der Waals surface area contributed by atoms with Crippen molar-refractivity contribution in [3.05, 3.63) is 35.4 Å². The lowest BCUT2D eigenvalue weighted by Crippen LogP contribution is -2.13. The zero-order valence-corrected chi connectivity index (χ0v) is 8.88. The number of carbonyl (C=O) groups is 2. The maximum absolute atomic E-state index is 12.2. The molecule has 92 valence electrons. The van der Waals surface area contributed by atoms with Gasteiger partial charge in [0.2, 0.25) is 5.78 Å². The molecule has 3 nitrogen and oxygen atoms in total. The van der Waals surface area contributed by atoms with Gasteiger partial charge in [-0.3, -0.25) is 4.79 Å². The van der Waals surface area contributed by atoms with Gasteiger partial charge in [0.1, 0.15) is 6.61 Å². The molecule has 6 heteroatoms. The summed E-state index contributed by atoms with van der Waals surface area (Å²) < 4.78 is 41.2. The Labute approximate surface area is 95.2 Å². The molecule has 1 aromatic carbocycles. The molecule has 0 aliphatic rings. The van der Waals surface area contributed by atoms with Crippen LogP contribution in [0, 0.1) is 0 Å². The SMILES string of the molecule is CC(=O)C(=O)OCc1ccc(C(F)(F)F)cc1. The average molecular weight is 246 g/mol. The molecule has 0 aromatic heterocycles. The number of hydrogen-bond donors (Lipinski definition) is 0. The number of ether oxygens (including phenoxy) is 1. The molecule has 0 amide bonds. The molecular formula is C11H9F3O3. The summed E-state index contributed by atoms with van der Waals surface area (Å²) in [5.74, 6) is -1.76. The highest BCUT2D eigenvalue weighted by molar-refractivity contribution is 6.32. The fourth-order valence-electron chi connectivity index (χ4n) is 1.04. The predicted molar refractivity (Wildman–Crippen MR) is 51.9 cm³/mol. The number of Topliss-reactive ketones (excluding diaryl/α,β-unsaturated/α-hetero) is 1. The first-order valence-electron chi connectivity index (χ1n) is 4.64. The summed E-state index contributed by atoms with van der Waals surface area (Å²) in [7, 11) is 0. The van der Waals surface area contributed by atoms with Crippen molar-refractivity contribution in [2.75, 3.05) is 0 Å². The minimum Gasteiger partial charge on any atom is -0.455 e. The summed E-state index contributed by atoms with van der Waals surface area (Å²) in [5.41, 5.74) is -0.397. The standard InChI is InChI=1S/C11H9F3O3/c1-7(15)10(16)17-6-8-2-4-9(5-3-8)11(12,13)14/h2-5H,6H2,1H3. The largest absolute Gasteiger partial charge is 0.455 e. The third-order valence-electron chi connectivity index (χ3n) is 1.94. The van der Waals surface area contributed by atoms with E-state index in [2.05, 4.69) is 4.74 Å². The quantitative estimate of drug-likeness (QED) is 0.607. The molecule has 0 saturated heterocycles. The summed E-state index contributed by atoms with van der Waals surface area (Å²) in [4.78, 5) is 21.3. The zero-order chi connectivity index (χ0) is 13.1. The minimum atomic E-state index is -4.39. The normalized spacial score (nSPS) is 11.1. The third kappa shape index (κ3) is 3.90. The Bertz CT molecular complexity index is 421. The average Bonchev–Trinajstić information content (AvgIpc) is 2.25. The smallest absolute Gasteiger partial charge is 0.416 e. The molecule has 0 aliphatic carbocycles. The van der Waals surface area contributed by atoms with Crippen molar-refractivity contribution >= 4 is 11.8 Å². The summed E-state index contributed by atoms with van der Waals surface area (Å²) >= 11 is 0. The van der Waals surface area contributed by atoms with Crippen molar-refractivity contribution in [2.24, 2.45) is 0 Å². The molecular weight excluding hydrogens is 237 g/mol. The van der Waals surface area contributed by atoms with E-state index in [1.54, 1.807) is 0 Å². The number of rotatable bonds is 3. The van der Waals surface area contributed by atoms with E-state index in [1.165, 1.54) is 12.1 Å². The Kier molecular flexibility index (Phi) is 3.88. The zero-order valence-electron chi connectivity index (χ0n) is 8.88. The summed E-state index contributed by atoms with van der Waals surface area (Å²) in [6.07, 6.45) is -4.39. The van der Waals surface area contributed by atoms with E-state index in [-0.39, 0.29) is 6.61 Å². The van der Waals surface area contributed by atoms with Gasteiger partial charge in [0.25, 0.3) is 0 Å². The van der Waals surface area contributed by atoms with Gasteiger partial charge < -0.3 is 4.74 Å². The van der Waals surface area contributed by atoms with Gasteiger partial charge in [0.15, 0.2) is 0 Å². The predicted octanol–water partition coefficient (Wildman–Crippen LogP) is 2.34. The van der Waals surface area contributed by atoms with Crippen molar-refractivity contribution in [1.29, 1.82) is 0 Å². The number of benzene rings is 1. The van der Waals surface area contributed by atoms with E-state index in [4.69, 9.17) is 0 Å². The number of ketones is 1. The van der Waals surface area contributed by atoms with Crippen molar-refractivity contribution in [3.63, 3.8) is 0 Å². The van der Waals surface area contributed by atoms with Gasteiger partial charge in [-0.1, -0.05) is 12.1 Å². The van der Waals surface area contributed by atoms with Crippen LogP contribution in [0.2, 0.25) is 0 Å². The van der Waals surface area contributed by atoms with Crippen molar-refractivity contribution in [3.8, 4) is 0 Å². The van der Waals surface area contributed by atoms with Crippen molar-refractivity contribution in [2.45, 2.75) is 19.7 Å². The molecule has 0 saturated carbocycles. The molecule has 0 radical (unpaired) electrons. The molecule has 0 spiro atoms. The van der Waals surface area contributed by atoms with Crippen LogP contribution in [0.15, 0.2) is 24.3 Å². The fraction of sp³-hybridized carbons (Fsp3) is 0.273. The van der Waals surface area contributed by atoms with Crippen LogP contribution in [0.3, 0.4) is 0 Å². The highest BCUT2D eigenvalue weighted by atomic mass is 19.4. The molecule has 17 heavy (non-hydrogen) atoms. The topological polar surface area (TPSA) is 43.4 Å². The van der Waals surface area contributed by atoms with Gasteiger partial charge in [0.05, 0.1) is 5.56 Å². The minimum absolute atomic E-state index is 0.226. The maximum Gasteiger partial charge on any atom is 0.416 e. The number of hydrogen-bond acceptors (Lipinski definition) is 3. The molecule has 0 fully saturated rings. The third-order valence-corrected chi connectivity index (χ3v) is 1.94. The van der Waals surface area contributed by atoms with Gasteiger partial charge in [-0.2, -0.15) is 13.2 Å². The Hall–Kier alpha value is -1.85. The number of esters is 1. The molecule has 1 aromatic rings. The van der Waals surface area contributed by atoms with Gasteiger partial charge in [-0.15, -0.1) is 0 Å². The molecule has 1 rings (SSSR count). The molecule has 0 heterocycles. The van der Waals surface area contributed by atoms with Crippen LogP contribution in [-0.2, 0) is 27.1 Å². The molecule has 0 unspecified atom stereocenters. The summed E-state index contributed by atoms with van der Waals surface area (Å²) in [5, 5.41) is 0. The lowest BCUT2D eigenvalue weighted by molar-refractivity contribution is -0.153. The Morgan fingerprint density at radius 2 is 1.71 bits per heavy atom. The van der Waals surface area contributed by atoms with Gasteiger partial charge in [-0.25, -0.2) is 4.79 Å². The van der Waals surface area contributed by atoms with E-state index in [9.17, 15) is 22.8 Å². The number of alkyl halides is 3. The highest BCUT2D eigenvalue weighted by Gasteiger charge is 2.29. The van der Waals surface area contributed by atoms with Crippen molar-refractivity contribution in [1.82, 2.24) is 0 Å². The Morgan fingerprint density at radius 1 is 1.18 bits per heavy atom. The number of halogens is 3. The van der Waals surface area contributed by atoms with Crippen LogP contribution in [0.4, 0.5) is 13.2 Å². The van der Waals surface area contributed by atoms with Crippen LogP contribution in [0.1, 0.15) is 18.1 Å². The van der Waals surface area contributed by atoms with Crippen LogP contribution < -0.4 is 0 Å². The summed E-state index contributed by atoms with van der Waals surface area (Å²) in [6.45, 7) is 0.825. The van der Waals surface area contributed by atoms with Crippen LogP contribution in [0.5, 0.6) is 0 Å². The second-order valence-corrected chi connectivity index (χ2v) is 3.33. The van der Waals surface area contributed by atoms with E-state index >= 15 is 0 Å². The van der Waals surface area contributed by atoms with Crippen molar-refractivity contribution < 1.29 is 27.5 Å². The Morgan fingerprint density at radius 3 is 2.12 bits per heavy atom. The molecule has 0 N–H and O–H groups in total. The highest BCUT2D eigenvalue weighted by Crippen LogP contribution is 2.29. The maximum atomic E-state index is 12.2. The van der Waals surface area contributed by atoms with E-state index in [0.717, 1.165) is 19.1 Å². The second kappa shape index (κ2) is 4.99. The lowest BCUT2D eigenvalue weighted by Gasteiger charge is -2.07. The first-order chi connectivity index (χ1) is 7.80. The monoisotopic (exact) mass is 246 g/mol. The second-order valence-electron chi connectivity index (χ2n) is 3.33. The summed E-state index contributed by atoms with van der Waals surface area (Å²) in [6, 6.07) is 4.15. The van der Waals surface area contributed by atoms with E-state index in [1.807, 2.05) is 0 Å². The number of carbonyl (C=O) groups excluding carboxylic acids is 2. The Balaban J connectivity index is 2.63. The van der Waals surface area contributed by atoms with E-state index in [0.29, 0.717) is 5.56 Å². The van der Waals surface area contributed by atoms with Gasteiger partial charge in [0, 0.05) is 6.92 Å². The first kappa shape index (κ1) is 13.2.